The first-order valence-corrected chi connectivity index (χ1v) is 5.30. The predicted octanol–water partition coefficient (Wildman–Crippen LogP) is -0.257. The zero-order valence-electron chi connectivity index (χ0n) is 11.4. The number of hydrogen-bond acceptors (Lipinski definition) is 4. The van der Waals surface area contributed by atoms with E-state index < -0.39 is 35.6 Å². The number of carbonyl (C=O) groups excluding carboxylic acids is 2. The number of nitrogens with two attached hydrogens (primary N) is 2. The highest BCUT2D eigenvalue weighted by atomic mass is 16.4. The van der Waals surface area contributed by atoms with Gasteiger partial charge in [0.15, 0.2) is 0 Å². The first-order chi connectivity index (χ1) is 9.00. The van der Waals surface area contributed by atoms with Crippen LogP contribution in [0.15, 0.2) is 25.3 Å². The molecule has 0 saturated heterocycles. The van der Waals surface area contributed by atoms with Crippen molar-refractivity contribution in [3.05, 3.63) is 25.3 Å². The second kappa shape index (κ2) is 12.8. The van der Waals surface area contributed by atoms with Gasteiger partial charge in [-0.25, -0.2) is 4.79 Å². The van der Waals surface area contributed by atoms with Crippen LogP contribution in [0.2, 0.25) is 0 Å². The van der Waals surface area contributed by atoms with E-state index in [-0.39, 0.29) is 0 Å². The molecule has 0 spiro atoms. The fourth-order valence-electron chi connectivity index (χ4n) is 0.460. The van der Waals surface area contributed by atoms with Gasteiger partial charge in [0.05, 0.1) is 5.92 Å². The van der Waals surface area contributed by atoms with Crippen LogP contribution in [0.1, 0.15) is 13.8 Å². The molecule has 8 nitrogen and oxygen atoms in total. The SMILES string of the molecule is C=CC(=O)O.C=CC(N)=O.CC(C(N)=O)C(C)C(=O)O. The Morgan fingerprint density at radius 1 is 0.950 bits per heavy atom. The van der Waals surface area contributed by atoms with E-state index in [1.165, 1.54) is 13.8 Å². The van der Waals surface area contributed by atoms with Crippen molar-refractivity contribution in [3.63, 3.8) is 0 Å². The Kier molecular flexibility index (Phi) is 14.4. The zero-order valence-corrected chi connectivity index (χ0v) is 11.4. The number of carboxylic acids is 2. The monoisotopic (exact) mass is 288 g/mol. The van der Waals surface area contributed by atoms with Gasteiger partial charge in [0.1, 0.15) is 0 Å². The average Bonchev–Trinajstić information content (AvgIpc) is 2.37. The molecule has 2 unspecified atom stereocenters. The summed E-state index contributed by atoms with van der Waals surface area (Å²) in [5.74, 6) is -4.33. The minimum atomic E-state index is -0.994. The maximum atomic E-state index is 10.4. The Morgan fingerprint density at radius 3 is 1.30 bits per heavy atom. The number of carboxylic acid groups (broad SMARTS) is 2. The lowest BCUT2D eigenvalue weighted by Gasteiger charge is -2.10. The third kappa shape index (κ3) is 17.7. The van der Waals surface area contributed by atoms with Gasteiger partial charge in [-0.15, -0.1) is 0 Å². The van der Waals surface area contributed by atoms with Crippen molar-refractivity contribution in [1.29, 1.82) is 0 Å². The molecule has 0 aliphatic carbocycles. The van der Waals surface area contributed by atoms with Crippen LogP contribution in [-0.2, 0) is 19.2 Å². The molecule has 20 heavy (non-hydrogen) atoms. The molecule has 0 aromatic carbocycles. The summed E-state index contributed by atoms with van der Waals surface area (Å²) in [6.45, 7) is 9.00. The van der Waals surface area contributed by atoms with Gasteiger partial charge >= 0.3 is 11.9 Å². The van der Waals surface area contributed by atoms with E-state index in [1.54, 1.807) is 0 Å². The highest BCUT2D eigenvalue weighted by Crippen LogP contribution is 2.09. The molecule has 0 bridgehead atoms. The molecule has 0 fully saturated rings. The molecule has 8 heteroatoms. The fourth-order valence-corrected chi connectivity index (χ4v) is 0.460. The summed E-state index contributed by atoms with van der Waals surface area (Å²) in [7, 11) is 0. The predicted molar refractivity (Wildman–Crippen MR) is 72.4 cm³/mol. The highest BCUT2D eigenvalue weighted by molar-refractivity contribution is 5.85. The lowest BCUT2D eigenvalue weighted by molar-refractivity contribution is -0.145. The van der Waals surface area contributed by atoms with E-state index in [4.69, 9.17) is 15.9 Å². The van der Waals surface area contributed by atoms with Crippen molar-refractivity contribution in [1.82, 2.24) is 0 Å². The van der Waals surface area contributed by atoms with Crippen LogP contribution in [0.4, 0.5) is 0 Å². The van der Waals surface area contributed by atoms with Gasteiger partial charge in [-0.05, 0) is 6.08 Å². The summed E-state index contributed by atoms with van der Waals surface area (Å²) in [6, 6.07) is 0. The van der Waals surface area contributed by atoms with Gasteiger partial charge in [0.2, 0.25) is 11.8 Å². The molecule has 0 radical (unpaired) electrons. The van der Waals surface area contributed by atoms with Crippen molar-refractivity contribution in [2.45, 2.75) is 13.8 Å². The number of primary amides is 2. The van der Waals surface area contributed by atoms with Gasteiger partial charge in [-0.1, -0.05) is 27.0 Å². The normalized spacial score (nSPS) is 11.1. The number of amides is 2. The largest absolute Gasteiger partial charge is 0.481 e. The third-order valence-electron chi connectivity index (χ3n) is 1.96. The molecule has 0 rings (SSSR count). The van der Waals surface area contributed by atoms with Crippen molar-refractivity contribution < 1.29 is 29.4 Å². The first kappa shape index (κ1) is 22.5. The molecule has 0 aromatic rings. The topological polar surface area (TPSA) is 161 Å². The molecular formula is C12H20N2O6. The van der Waals surface area contributed by atoms with Crippen LogP contribution in [0.5, 0.6) is 0 Å². The Morgan fingerprint density at radius 2 is 1.25 bits per heavy atom. The molecule has 0 heterocycles. The van der Waals surface area contributed by atoms with Crippen molar-refractivity contribution in [2.75, 3.05) is 0 Å². The summed E-state index contributed by atoms with van der Waals surface area (Å²) in [5, 5.41) is 16.0. The van der Waals surface area contributed by atoms with Gasteiger partial charge in [-0.3, -0.25) is 14.4 Å². The molecule has 6 N–H and O–H groups in total. The Balaban J connectivity index is -0.000000244. The maximum absolute atomic E-state index is 10.4. The molecule has 0 saturated carbocycles. The molecule has 2 atom stereocenters. The Hall–Kier alpha value is -2.64. The highest BCUT2D eigenvalue weighted by Gasteiger charge is 2.23. The van der Waals surface area contributed by atoms with E-state index in [9.17, 15) is 19.2 Å². The van der Waals surface area contributed by atoms with Gasteiger partial charge in [-0.2, -0.15) is 0 Å². The van der Waals surface area contributed by atoms with Gasteiger partial charge in [0, 0.05) is 12.0 Å². The smallest absolute Gasteiger partial charge is 0.327 e. The standard InChI is InChI=1S/C6H11NO3.C3H5NO.C3H4O2/c1-3(5(7)8)4(2)6(9)10;2*1-2-3(4)5/h3-4H,1-2H3,(H2,7,8)(H,9,10);2H,1H2,(H2,4,5);2H,1H2,(H,4,5). The van der Waals surface area contributed by atoms with E-state index >= 15 is 0 Å². The second-order valence-electron chi connectivity index (χ2n) is 3.47. The summed E-state index contributed by atoms with van der Waals surface area (Å²) in [4.78, 5) is 39.4. The lowest BCUT2D eigenvalue weighted by atomic mass is 9.96. The van der Waals surface area contributed by atoms with E-state index in [1.807, 2.05) is 0 Å². The minimum Gasteiger partial charge on any atom is -0.481 e. The van der Waals surface area contributed by atoms with Gasteiger partial charge < -0.3 is 21.7 Å². The Labute approximate surface area is 116 Å². The van der Waals surface area contributed by atoms with Gasteiger partial charge in [0.25, 0.3) is 0 Å². The molecule has 2 amide bonds. The minimum absolute atomic E-state index is 0.481. The van der Waals surface area contributed by atoms with Crippen LogP contribution >= 0.6 is 0 Å². The van der Waals surface area contributed by atoms with Crippen molar-refractivity contribution in [2.24, 2.45) is 23.3 Å². The van der Waals surface area contributed by atoms with Crippen LogP contribution in [-0.4, -0.2) is 34.0 Å². The maximum Gasteiger partial charge on any atom is 0.327 e. The van der Waals surface area contributed by atoms with E-state index in [0.717, 1.165) is 12.2 Å². The number of hydrogen-bond donors (Lipinski definition) is 4. The zero-order chi connectivity index (χ0) is 16.9. The fraction of sp³-hybridized carbons (Fsp3) is 0.333. The summed E-state index contributed by atoms with van der Waals surface area (Å²) >= 11 is 0. The molecule has 0 aromatic heterocycles. The summed E-state index contributed by atoms with van der Waals surface area (Å²) < 4.78 is 0. The lowest BCUT2D eigenvalue weighted by Crippen LogP contribution is -2.30. The molecular weight excluding hydrogens is 268 g/mol. The molecule has 0 aliphatic heterocycles. The summed E-state index contributed by atoms with van der Waals surface area (Å²) in [5.41, 5.74) is 9.41. The van der Waals surface area contributed by atoms with Crippen LogP contribution in [0.3, 0.4) is 0 Å². The Bertz CT molecular complexity index is 342. The number of carbonyl (C=O) groups is 4. The quantitative estimate of drug-likeness (QED) is 0.510. The van der Waals surface area contributed by atoms with Crippen molar-refractivity contribution >= 4 is 23.8 Å². The molecule has 0 aliphatic rings. The summed E-state index contributed by atoms with van der Waals surface area (Å²) in [6.07, 6.45) is 1.89. The van der Waals surface area contributed by atoms with E-state index in [2.05, 4.69) is 18.9 Å². The van der Waals surface area contributed by atoms with Crippen molar-refractivity contribution in [3.8, 4) is 0 Å². The number of aliphatic carboxylic acids is 2. The first-order valence-electron chi connectivity index (χ1n) is 5.30. The van der Waals surface area contributed by atoms with Crippen LogP contribution < -0.4 is 11.5 Å². The van der Waals surface area contributed by atoms with E-state index in [0.29, 0.717) is 0 Å². The third-order valence-corrected chi connectivity index (χ3v) is 1.96. The molecule has 114 valence electrons. The number of rotatable bonds is 5. The van der Waals surface area contributed by atoms with Crippen LogP contribution in [0, 0.1) is 11.8 Å². The van der Waals surface area contributed by atoms with Crippen LogP contribution in [0.25, 0.3) is 0 Å². The average molecular weight is 288 g/mol. The second-order valence-corrected chi connectivity index (χ2v) is 3.47.